The summed E-state index contributed by atoms with van der Waals surface area (Å²) < 4.78 is 16.8. The van der Waals surface area contributed by atoms with Crippen LogP contribution in [0.2, 0.25) is 0 Å². The molecule has 0 radical (unpaired) electrons. The van der Waals surface area contributed by atoms with Gasteiger partial charge in [0, 0.05) is 34.3 Å². The van der Waals surface area contributed by atoms with Crippen LogP contribution in [0.4, 0.5) is 0 Å². The Labute approximate surface area is 189 Å². The van der Waals surface area contributed by atoms with Crippen molar-refractivity contribution in [3.05, 3.63) is 84.8 Å². The highest BCUT2D eigenvalue weighted by atomic mass is 16.5. The second-order valence-corrected chi connectivity index (χ2v) is 7.74. The third-order valence-corrected chi connectivity index (χ3v) is 5.39. The molecule has 1 aromatic carbocycles. The predicted octanol–water partition coefficient (Wildman–Crippen LogP) is 4.13. The normalized spacial score (nSPS) is 12.2. The Kier molecular flexibility index (Phi) is 5.42. The number of pyridine rings is 1. The fraction of sp³-hybridized carbons (Fsp3) is 0.120. The number of hydrogen-bond acceptors (Lipinski definition) is 6. The number of rotatable bonds is 8. The van der Waals surface area contributed by atoms with E-state index in [0.717, 1.165) is 22.0 Å². The zero-order valence-corrected chi connectivity index (χ0v) is 17.7. The molecular weight excluding hydrogens is 420 g/mol. The molecular formula is C25H22N4O4. The van der Waals surface area contributed by atoms with Crippen molar-refractivity contribution in [1.29, 1.82) is 0 Å². The number of nitrogens with one attached hydrogen (secondary N) is 1. The number of carbonyl (C=O) groups is 1. The minimum atomic E-state index is -0.644. The van der Waals surface area contributed by atoms with E-state index < -0.39 is 5.91 Å². The van der Waals surface area contributed by atoms with Crippen LogP contribution in [0.25, 0.3) is 33.5 Å². The van der Waals surface area contributed by atoms with Gasteiger partial charge in [-0.15, -0.1) is 0 Å². The number of hydrogen-bond donors (Lipinski definition) is 3. The number of fused-ring (bicyclic) bond motifs is 1. The van der Waals surface area contributed by atoms with E-state index in [1.54, 1.807) is 36.9 Å². The van der Waals surface area contributed by atoms with Gasteiger partial charge in [0.1, 0.15) is 18.1 Å². The van der Waals surface area contributed by atoms with E-state index in [2.05, 4.69) is 16.0 Å². The van der Waals surface area contributed by atoms with Gasteiger partial charge in [-0.3, -0.25) is 9.78 Å². The number of furan rings is 2. The molecule has 5 aromatic rings. The van der Waals surface area contributed by atoms with Gasteiger partial charge in [-0.2, -0.15) is 0 Å². The zero-order chi connectivity index (χ0) is 22.8. The number of benzene rings is 1. The lowest BCUT2D eigenvalue weighted by Crippen LogP contribution is -2.30. The molecule has 0 aliphatic rings. The Morgan fingerprint density at radius 1 is 1.18 bits per heavy atom. The smallest absolute Gasteiger partial charge is 0.284 e. The van der Waals surface area contributed by atoms with Crippen molar-refractivity contribution in [2.45, 2.75) is 12.5 Å². The van der Waals surface area contributed by atoms with E-state index >= 15 is 0 Å². The summed E-state index contributed by atoms with van der Waals surface area (Å²) in [6.07, 6.45) is 7.42. The van der Waals surface area contributed by atoms with E-state index in [1.807, 2.05) is 24.4 Å². The van der Waals surface area contributed by atoms with E-state index in [-0.39, 0.29) is 11.8 Å². The quantitative estimate of drug-likeness (QED) is 0.331. The predicted molar refractivity (Wildman–Crippen MR) is 124 cm³/mol. The van der Waals surface area contributed by atoms with Gasteiger partial charge in [0.15, 0.2) is 5.76 Å². The number of para-hydroxylation sites is 1. The number of aromatic nitrogens is 2. The van der Waals surface area contributed by atoms with Crippen molar-refractivity contribution in [3.63, 3.8) is 0 Å². The number of primary amides is 1. The van der Waals surface area contributed by atoms with Crippen LogP contribution >= 0.6 is 0 Å². The van der Waals surface area contributed by atoms with Gasteiger partial charge in [-0.1, -0.05) is 18.2 Å². The maximum atomic E-state index is 11.5. The van der Waals surface area contributed by atoms with Gasteiger partial charge in [0.25, 0.3) is 5.91 Å². The maximum Gasteiger partial charge on any atom is 0.284 e. The van der Waals surface area contributed by atoms with Crippen molar-refractivity contribution in [2.75, 3.05) is 6.61 Å². The molecule has 0 fully saturated rings. The van der Waals surface area contributed by atoms with Crippen molar-refractivity contribution in [2.24, 2.45) is 11.5 Å². The van der Waals surface area contributed by atoms with Crippen molar-refractivity contribution in [1.82, 2.24) is 9.97 Å². The van der Waals surface area contributed by atoms with Gasteiger partial charge in [-0.25, -0.2) is 0 Å². The molecule has 33 heavy (non-hydrogen) atoms. The molecule has 0 bridgehead atoms. The van der Waals surface area contributed by atoms with Crippen molar-refractivity contribution < 1.29 is 18.4 Å². The van der Waals surface area contributed by atoms with Crippen molar-refractivity contribution in [3.8, 4) is 28.3 Å². The van der Waals surface area contributed by atoms with E-state index in [9.17, 15) is 4.79 Å². The Balaban J connectivity index is 1.36. The number of nitrogens with two attached hydrogens (primary N) is 2. The Morgan fingerprint density at radius 3 is 2.85 bits per heavy atom. The minimum Gasteiger partial charge on any atom is -0.490 e. The fourth-order valence-electron chi connectivity index (χ4n) is 3.80. The molecule has 0 saturated carbocycles. The van der Waals surface area contributed by atoms with Crippen LogP contribution in [0.15, 0.2) is 82.3 Å². The first-order chi connectivity index (χ1) is 16.1. The molecule has 0 saturated heterocycles. The third kappa shape index (κ3) is 4.24. The van der Waals surface area contributed by atoms with Gasteiger partial charge in [0.05, 0.1) is 24.4 Å². The summed E-state index contributed by atoms with van der Waals surface area (Å²) in [5.41, 5.74) is 16.0. The number of nitrogens with zero attached hydrogens (tertiary/aromatic N) is 1. The number of aromatic amines is 1. The lowest BCUT2D eigenvalue weighted by atomic mass is 10.1. The van der Waals surface area contributed by atoms with Crippen LogP contribution in [0.3, 0.4) is 0 Å². The molecule has 1 atom stereocenters. The molecule has 0 aliphatic heterocycles. The molecule has 4 aromatic heterocycles. The molecule has 4 heterocycles. The maximum absolute atomic E-state index is 11.5. The van der Waals surface area contributed by atoms with Crippen LogP contribution in [0, 0.1) is 0 Å². The number of H-pyrrole nitrogens is 1. The van der Waals surface area contributed by atoms with Gasteiger partial charge >= 0.3 is 0 Å². The van der Waals surface area contributed by atoms with E-state index in [0.29, 0.717) is 35.8 Å². The first-order valence-electron chi connectivity index (χ1n) is 10.4. The summed E-state index contributed by atoms with van der Waals surface area (Å²) in [4.78, 5) is 19.3. The average molecular weight is 442 g/mol. The van der Waals surface area contributed by atoms with Crippen LogP contribution in [-0.4, -0.2) is 28.5 Å². The minimum absolute atomic E-state index is 0.0650. The summed E-state index contributed by atoms with van der Waals surface area (Å²) in [7, 11) is 0. The first-order valence-corrected chi connectivity index (χ1v) is 10.4. The molecule has 0 unspecified atom stereocenters. The first kappa shape index (κ1) is 20.6. The number of carbonyl (C=O) groups excluding carboxylic acids is 1. The summed E-state index contributed by atoms with van der Waals surface area (Å²) >= 11 is 0. The second-order valence-electron chi connectivity index (χ2n) is 7.74. The molecule has 0 aliphatic carbocycles. The van der Waals surface area contributed by atoms with Gasteiger partial charge in [-0.05, 0) is 42.3 Å². The zero-order valence-electron chi connectivity index (χ0n) is 17.7. The lowest BCUT2D eigenvalue weighted by Gasteiger charge is -2.14. The van der Waals surface area contributed by atoms with E-state index in [1.165, 1.54) is 6.07 Å². The second kappa shape index (κ2) is 8.68. The van der Waals surface area contributed by atoms with Gasteiger partial charge in [0.2, 0.25) is 0 Å². The molecule has 5 N–H and O–H groups in total. The Morgan fingerprint density at radius 2 is 2.06 bits per heavy atom. The standard InChI is InChI=1S/C25H22N4O4/c26-17(9-16-11-28-21-4-2-1-3-19(16)21)14-32-18-10-20(22-5-6-23(33-22)25(27)30)24(29-12-18)15-7-8-31-13-15/h1-8,10-13,17,28H,9,14,26H2,(H2,27,30)/t17-/m1/s1. The highest BCUT2D eigenvalue weighted by Gasteiger charge is 2.17. The monoisotopic (exact) mass is 442 g/mol. The van der Waals surface area contributed by atoms with Crippen molar-refractivity contribution >= 4 is 16.8 Å². The van der Waals surface area contributed by atoms with Crippen LogP contribution in [0.5, 0.6) is 5.75 Å². The summed E-state index contributed by atoms with van der Waals surface area (Å²) in [5, 5.41) is 1.16. The molecule has 1 amide bonds. The molecule has 8 heteroatoms. The molecule has 8 nitrogen and oxygen atoms in total. The molecule has 0 spiro atoms. The van der Waals surface area contributed by atoms with Gasteiger partial charge < -0.3 is 30.0 Å². The number of amides is 1. The average Bonchev–Trinajstić information content (AvgIpc) is 3.59. The third-order valence-electron chi connectivity index (χ3n) is 5.39. The molecule has 166 valence electrons. The van der Waals surface area contributed by atoms with E-state index in [4.69, 9.17) is 25.0 Å². The highest BCUT2D eigenvalue weighted by Crippen LogP contribution is 2.34. The lowest BCUT2D eigenvalue weighted by molar-refractivity contribution is 0.0974. The van der Waals surface area contributed by atoms with Crippen LogP contribution in [-0.2, 0) is 6.42 Å². The fourth-order valence-corrected chi connectivity index (χ4v) is 3.80. The van der Waals surface area contributed by atoms with Crippen LogP contribution in [0.1, 0.15) is 16.1 Å². The summed E-state index contributed by atoms with van der Waals surface area (Å²) in [5.74, 6) is 0.398. The summed E-state index contributed by atoms with van der Waals surface area (Å²) in [6.45, 7) is 0.302. The SMILES string of the molecule is NC(=O)c1ccc(-c2cc(OC[C@H](N)Cc3c[nH]c4ccccc34)cnc2-c2ccoc2)o1. The largest absolute Gasteiger partial charge is 0.490 e. The molecule has 5 rings (SSSR count). The Bertz CT molecular complexity index is 1400. The summed E-state index contributed by atoms with van der Waals surface area (Å²) in [6, 6.07) is 14.7. The highest BCUT2D eigenvalue weighted by molar-refractivity contribution is 5.91. The van der Waals surface area contributed by atoms with Crippen LogP contribution < -0.4 is 16.2 Å². The number of ether oxygens (including phenoxy) is 1. The Hall–Kier alpha value is -4.30. The topological polar surface area (TPSA) is 133 Å².